The normalized spacial score (nSPS) is 9.67. The molecule has 1 aromatic rings. The quantitative estimate of drug-likeness (QED) is 0.719. The van der Waals surface area contributed by atoms with Gasteiger partial charge in [-0.3, -0.25) is 0 Å². The Hall–Kier alpha value is -2.37. The van der Waals surface area contributed by atoms with Crippen molar-refractivity contribution in [3.8, 4) is 0 Å². The van der Waals surface area contributed by atoms with Crippen LogP contribution >= 0.6 is 0 Å². The number of carboxylic acid groups (broad SMARTS) is 1. The third-order valence-corrected chi connectivity index (χ3v) is 2.01. The summed E-state index contributed by atoms with van der Waals surface area (Å²) >= 11 is 0. The molecule has 1 aromatic carbocycles. The van der Waals surface area contributed by atoms with Crippen LogP contribution < -0.4 is 10.6 Å². The van der Waals surface area contributed by atoms with Gasteiger partial charge < -0.3 is 15.7 Å². The zero-order valence-electron chi connectivity index (χ0n) is 9.79. The SMILES string of the molecule is C=C(C)CNC(=O)Nc1ccc(C(=O)O)c(F)c1. The lowest BCUT2D eigenvalue weighted by Crippen LogP contribution is -2.29. The highest BCUT2D eigenvalue weighted by atomic mass is 19.1. The van der Waals surface area contributed by atoms with Gasteiger partial charge in [-0.1, -0.05) is 12.2 Å². The second-order valence-electron chi connectivity index (χ2n) is 3.76. The summed E-state index contributed by atoms with van der Waals surface area (Å²) in [4.78, 5) is 21.9. The lowest BCUT2D eigenvalue weighted by Gasteiger charge is -2.08. The summed E-state index contributed by atoms with van der Waals surface area (Å²) in [6.07, 6.45) is 0. The van der Waals surface area contributed by atoms with Crippen molar-refractivity contribution in [2.75, 3.05) is 11.9 Å². The lowest BCUT2D eigenvalue weighted by molar-refractivity contribution is 0.0692. The van der Waals surface area contributed by atoms with Gasteiger partial charge in [0, 0.05) is 12.2 Å². The van der Waals surface area contributed by atoms with E-state index >= 15 is 0 Å². The predicted molar refractivity (Wildman–Crippen MR) is 65.2 cm³/mol. The largest absolute Gasteiger partial charge is 0.478 e. The molecule has 0 heterocycles. The monoisotopic (exact) mass is 252 g/mol. The average molecular weight is 252 g/mol. The fraction of sp³-hybridized carbons (Fsp3) is 0.167. The standard InChI is InChI=1S/C12H13FN2O3/c1-7(2)6-14-12(18)15-8-3-4-9(11(16)17)10(13)5-8/h3-5H,1,6H2,2H3,(H,16,17)(H2,14,15,18). The number of rotatable bonds is 4. The molecule has 6 heteroatoms. The molecular weight excluding hydrogens is 239 g/mol. The highest BCUT2D eigenvalue weighted by Crippen LogP contribution is 2.14. The topological polar surface area (TPSA) is 78.4 Å². The van der Waals surface area contributed by atoms with E-state index < -0.39 is 23.4 Å². The molecule has 0 radical (unpaired) electrons. The predicted octanol–water partition coefficient (Wildman–Crippen LogP) is 2.22. The van der Waals surface area contributed by atoms with Crippen molar-refractivity contribution in [2.24, 2.45) is 0 Å². The molecule has 0 spiro atoms. The Morgan fingerprint density at radius 1 is 1.44 bits per heavy atom. The van der Waals surface area contributed by atoms with Crippen molar-refractivity contribution in [3.63, 3.8) is 0 Å². The van der Waals surface area contributed by atoms with Gasteiger partial charge in [-0.25, -0.2) is 14.0 Å². The number of aromatic carboxylic acids is 1. The van der Waals surface area contributed by atoms with Crippen LogP contribution in [0.3, 0.4) is 0 Å². The molecule has 0 saturated heterocycles. The first-order chi connectivity index (χ1) is 8.40. The first-order valence-corrected chi connectivity index (χ1v) is 5.12. The molecule has 0 unspecified atom stereocenters. The first-order valence-electron chi connectivity index (χ1n) is 5.12. The third-order valence-electron chi connectivity index (χ3n) is 2.01. The van der Waals surface area contributed by atoms with E-state index in [1.807, 2.05) is 0 Å². The van der Waals surface area contributed by atoms with Crippen LogP contribution in [0.15, 0.2) is 30.4 Å². The van der Waals surface area contributed by atoms with Crippen molar-refractivity contribution >= 4 is 17.7 Å². The average Bonchev–Trinajstić information content (AvgIpc) is 2.26. The fourth-order valence-electron chi connectivity index (χ4n) is 1.17. The molecule has 0 aliphatic heterocycles. The number of carboxylic acids is 1. The summed E-state index contributed by atoms with van der Waals surface area (Å²) in [5.41, 5.74) is 0.511. The number of hydrogen-bond acceptors (Lipinski definition) is 2. The lowest BCUT2D eigenvalue weighted by atomic mass is 10.2. The molecule has 0 aromatic heterocycles. The van der Waals surface area contributed by atoms with E-state index in [1.54, 1.807) is 6.92 Å². The van der Waals surface area contributed by atoms with Gasteiger partial charge in [0.15, 0.2) is 0 Å². The van der Waals surface area contributed by atoms with E-state index in [2.05, 4.69) is 17.2 Å². The van der Waals surface area contributed by atoms with Crippen molar-refractivity contribution < 1.29 is 19.1 Å². The zero-order valence-corrected chi connectivity index (χ0v) is 9.79. The Bertz CT molecular complexity index is 500. The molecule has 1 rings (SSSR count). The van der Waals surface area contributed by atoms with Crippen LogP contribution in [-0.4, -0.2) is 23.7 Å². The van der Waals surface area contributed by atoms with Crippen molar-refractivity contribution in [3.05, 3.63) is 41.7 Å². The minimum atomic E-state index is -1.36. The third kappa shape index (κ3) is 3.89. The number of amides is 2. The van der Waals surface area contributed by atoms with E-state index in [0.717, 1.165) is 17.7 Å². The van der Waals surface area contributed by atoms with E-state index in [1.165, 1.54) is 6.07 Å². The van der Waals surface area contributed by atoms with Gasteiger partial charge in [-0.05, 0) is 25.1 Å². The number of urea groups is 1. The van der Waals surface area contributed by atoms with Crippen LogP contribution in [0.25, 0.3) is 0 Å². The van der Waals surface area contributed by atoms with E-state index in [-0.39, 0.29) is 5.69 Å². The molecule has 0 aliphatic rings. The molecular formula is C12H13FN2O3. The summed E-state index contributed by atoms with van der Waals surface area (Å²) in [7, 11) is 0. The van der Waals surface area contributed by atoms with Gasteiger partial charge in [0.2, 0.25) is 0 Å². The van der Waals surface area contributed by atoms with Crippen molar-refractivity contribution in [1.29, 1.82) is 0 Å². The van der Waals surface area contributed by atoms with Crippen LogP contribution in [-0.2, 0) is 0 Å². The molecule has 0 aliphatic carbocycles. The van der Waals surface area contributed by atoms with E-state index in [0.29, 0.717) is 6.54 Å². The number of carbonyl (C=O) groups excluding carboxylic acids is 1. The highest BCUT2D eigenvalue weighted by Gasteiger charge is 2.11. The number of benzene rings is 1. The van der Waals surface area contributed by atoms with Gasteiger partial charge in [0.25, 0.3) is 0 Å². The minimum Gasteiger partial charge on any atom is -0.478 e. The van der Waals surface area contributed by atoms with E-state index in [9.17, 15) is 14.0 Å². The zero-order chi connectivity index (χ0) is 13.7. The van der Waals surface area contributed by atoms with Crippen LogP contribution in [0.2, 0.25) is 0 Å². The van der Waals surface area contributed by atoms with Crippen molar-refractivity contribution in [2.45, 2.75) is 6.92 Å². The first kappa shape index (κ1) is 13.7. The molecule has 18 heavy (non-hydrogen) atoms. The number of anilines is 1. The Kier molecular flexibility index (Phi) is 4.42. The summed E-state index contributed by atoms with van der Waals surface area (Å²) in [5.74, 6) is -2.26. The fourth-order valence-corrected chi connectivity index (χ4v) is 1.17. The maximum absolute atomic E-state index is 13.3. The molecule has 5 nitrogen and oxygen atoms in total. The molecule has 2 amide bonds. The molecule has 0 bridgehead atoms. The Morgan fingerprint density at radius 2 is 2.11 bits per heavy atom. The van der Waals surface area contributed by atoms with Gasteiger partial charge in [0.1, 0.15) is 5.82 Å². The van der Waals surface area contributed by atoms with Crippen LogP contribution in [0.4, 0.5) is 14.9 Å². The molecule has 0 fully saturated rings. The Labute approximate surface area is 103 Å². The van der Waals surface area contributed by atoms with Crippen LogP contribution in [0.1, 0.15) is 17.3 Å². The smallest absolute Gasteiger partial charge is 0.338 e. The second kappa shape index (κ2) is 5.81. The summed E-state index contributed by atoms with van der Waals surface area (Å²) < 4.78 is 13.3. The van der Waals surface area contributed by atoms with Gasteiger partial charge in [0.05, 0.1) is 5.56 Å². The maximum atomic E-state index is 13.3. The van der Waals surface area contributed by atoms with E-state index in [4.69, 9.17) is 5.11 Å². The van der Waals surface area contributed by atoms with Crippen LogP contribution in [0, 0.1) is 5.82 Å². The number of halogens is 1. The van der Waals surface area contributed by atoms with Gasteiger partial charge >= 0.3 is 12.0 Å². The number of hydrogen-bond donors (Lipinski definition) is 3. The van der Waals surface area contributed by atoms with Gasteiger partial charge in [-0.2, -0.15) is 0 Å². The Balaban J connectivity index is 2.69. The minimum absolute atomic E-state index is 0.178. The van der Waals surface area contributed by atoms with Crippen LogP contribution in [0.5, 0.6) is 0 Å². The number of nitrogens with one attached hydrogen (secondary N) is 2. The second-order valence-corrected chi connectivity index (χ2v) is 3.76. The summed E-state index contributed by atoms with van der Waals surface area (Å²) in [5, 5.41) is 13.5. The van der Waals surface area contributed by atoms with Crippen molar-refractivity contribution in [1.82, 2.24) is 5.32 Å². The number of carbonyl (C=O) groups is 2. The molecule has 3 N–H and O–H groups in total. The molecule has 0 saturated carbocycles. The summed E-state index contributed by atoms with van der Waals surface area (Å²) in [6, 6.07) is 2.84. The highest BCUT2D eigenvalue weighted by molar-refractivity contribution is 5.91. The summed E-state index contributed by atoms with van der Waals surface area (Å²) in [6.45, 7) is 5.67. The van der Waals surface area contributed by atoms with Gasteiger partial charge in [-0.15, -0.1) is 0 Å². The molecule has 96 valence electrons. The Morgan fingerprint density at radius 3 is 2.61 bits per heavy atom. The maximum Gasteiger partial charge on any atom is 0.338 e. The molecule has 0 atom stereocenters.